The van der Waals surface area contributed by atoms with Gasteiger partial charge in [-0.3, -0.25) is 9.59 Å². The van der Waals surface area contributed by atoms with Crippen LogP contribution < -0.4 is 10.6 Å². The van der Waals surface area contributed by atoms with Crippen molar-refractivity contribution in [3.05, 3.63) is 39.8 Å². The molecule has 2 rings (SSSR count). The summed E-state index contributed by atoms with van der Waals surface area (Å²) in [6.45, 7) is 2.83. The zero-order valence-corrected chi connectivity index (χ0v) is 14.1. The Morgan fingerprint density at radius 2 is 1.92 bits per heavy atom. The Morgan fingerprint density at radius 1 is 1.27 bits per heavy atom. The quantitative estimate of drug-likeness (QED) is 0.801. The van der Waals surface area contributed by atoms with Crippen molar-refractivity contribution in [3.8, 4) is 18.2 Å². The molecule has 0 saturated carbocycles. The van der Waals surface area contributed by atoms with E-state index in [1.807, 2.05) is 0 Å². The van der Waals surface area contributed by atoms with Crippen molar-refractivity contribution in [1.82, 2.24) is 5.32 Å². The van der Waals surface area contributed by atoms with Crippen LogP contribution >= 0.6 is 0 Å². The number of anilines is 1. The number of nitrogens with zero attached hydrogens (tertiary/aromatic N) is 3. The first-order chi connectivity index (χ1) is 12.3. The lowest BCUT2D eigenvalue weighted by atomic mass is 9.83. The summed E-state index contributed by atoms with van der Waals surface area (Å²) in [4.78, 5) is 24.1. The molecule has 1 atom stereocenters. The van der Waals surface area contributed by atoms with E-state index in [-0.39, 0.29) is 22.9 Å². The summed E-state index contributed by atoms with van der Waals surface area (Å²) in [6, 6.07) is 5.11. The Balaban J connectivity index is 2.62. The second-order valence-electron chi connectivity index (χ2n) is 5.75. The summed E-state index contributed by atoms with van der Waals surface area (Å²) in [5.41, 5.74) is 0.0636. The van der Waals surface area contributed by atoms with Crippen molar-refractivity contribution in [2.75, 3.05) is 5.32 Å². The number of fused-ring (bicyclic) bond motifs is 1. The van der Waals surface area contributed by atoms with Crippen molar-refractivity contribution in [3.63, 3.8) is 0 Å². The van der Waals surface area contributed by atoms with Crippen LogP contribution in [0.5, 0.6) is 0 Å². The molecule has 1 aromatic rings. The first kappa shape index (κ1) is 18.6. The molecule has 1 amide bonds. The van der Waals surface area contributed by atoms with Gasteiger partial charge in [0.1, 0.15) is 29.7 Å². The fraction of sp³-hybridized carbons (Fsp3) is 0.278. The third kappa shape index (κ3) is 3.38. The molecular weight excluding hydrogens is 337 g/mol. The molecule has 0 spiro atoms. The Labute approximate surface area is 149 Å². The van der Waals surface area contributed by atoms with Gasteiger partial charge in [-0.05, 0) is 37.0 Å². The lowest BCUT2D eigenvalue weighted by Gasteiger charge is -2.27. The van der Waals surface area contributed by atoms with Crippen molar-refractivity contribution in [1.29, 1.82) is 15.8 Å². The Bertz CT molecular complexity index is 944. The van der Waals surface area contributed by atoms with Gasteiger partial charge in [0, 0.05) is 12.5 Å². The van der Waals surface area contributed by atoms with Crippen molar-refractivity contribution < 1.29 is 14.0 Å². The molecule has 1 aromatic carbocycles. The van der Waals surface area contributed by atoms with Crippen molar-refractivity contribution in [2.24, 2.45) is 0 Å². The number of nitrogens with one attached hydrogen (secondary N) is 2. The predicted molar refractivity (Wildman–Crippen MR) is 88.9 cm³/mol. The van der Waals surface area contributed by atoms with Crippen molar-refractivity contribution >= 4 is 17.4 Å². The Kier molecular flexibility index (Phi) is 5.35. The normalized spacial score (nSPS) is 14.9. The summed E-state index contributed by atoms with van der Waals surface area (Å²) in [7, 11) is 0. The highest BCUT2D eigenvalue weighted by Gasteiger charge is 2.32. The summed E-state index contributed by atoms with van der Waals surface area (Å²) in [5.74, 6) is -1.36. The lowest BCUT2D eigenvalue weighted by molar-refractivity contribution is -0.119. The van der Waals surface area contributed by atoms with Crippen LogP contribution in [0.15, 0.2) is 17.3 Å². The van der Waals surface area contributed by atoms with Gasteiger partial charge in [-0.15, -0.1) is 0 Å². The standard InChI is InChI=1S/C18H14FN5O2/c1-9-12-3-4-14(23-10(2)25)18(26)17(12)15(5-13(9)19)24-16(8-22)11(6-20)7-21/h5,14,24H,3-4H2,1-2H3,(H,23,25). The number of halogens is 1. The molecule has 0 radical (unpaired) electrons. The fourth-order valence-corrected chi connectivity index (χ4v) is 2.89. The van der Waals surface area contributed by atoms with Crippen molar-refractivity contribution in [2.45, 2.75) is 32.7 Å². The molecule has 1 unspecified atom stereocenters. The summed E-state index contributed by atoms with van der Waals surface area (Å²) in [5, 5.41) is 32.1. The number of hydrogen-bond donors (Lipinski definition) is 2. The molecule has 0 saturated heterocycles. The number of Topliss-reactive ketones (excluding diaryl/α,β-unsaturated/α-hetero) is 1. The van der Waals surface area contributed by atoms with Gasteiger partial charge >= 0.3 is 0 Å². The van der Waals surface area contributed by atoms with E-state index >= 15 is 0 Å². The number of hydrogen-bond acceptors (Lipinski definition) is 6. The smallest absolute Gasteiger partial charge is 0.217 e. The summed E-state index contributed by atoms with van der Waals surface area (Å²) >= 11 is 0. The van der Waals surface area contributed by atoms with E-state index in [4.69, 9.17) is 10.5 Å². The van der Waals surface area contributed by atoms with E-state index in [2.05, 4.69) is 10.6 Å². The largest absolute Gasteiger partial charge is 0.346 e. The Hall–Kier alpha value is -3.70. The summed E-state index contributed by atoms with van der Waals surface area (Å²) in [6.07, 6.45) is 0.691. The molecule has 0 aliphatic heterocycles. The topological polar surface area (TPSA) is 130 Å². The van der Waals surface area contributed by atoms with Crippen LogP contribution in [0, 0.1) is 46.7 Å². The van der Waals surface area contributed by atoms with Crippen LogP contribution in [0.25, 0.3) is 0 Å². The molecule has 1 aliphatic rings. The van der Waals surface area contributed by atoms with Crippen LogP contribution in [0.1, 0.15) is 34.8 Å². The first-order valence-electron chi connectivity index (χ1n) is 7.68. The van der Waals surface area contributed by atoms with Gasteiger partial charge < -0.3 is 10.6 Å². The van der Waals surface area contributed by atoms with Gasteiger partial charge in [0.05, 0.1) is 11.7 Å². The third-order valence-corrected chi connectivity index (χ3v) is 4.12. The molecule has 1 aliphatic carbocycles. The minimum Gasteiger partial charge on any atom is -0.346 e. The highest BCUT2D eigenvalue weighted by Crippen LogP contribution is 2.33. The number of allylic oxidation sites excluding steroid dienone is 2. The lowest BCUT2D eigenvalue weighted by Crippen LogP contribution is -2.43. The highest BCUT2D eigenvalue weighted by atomic mass is 19.1. The van der Waals surface area contributed by atoms with E-state index in [0.717, 1.165) is 6.07 Å². The van der Waals surface area contributed by atoms with Gasteiger partial charge in [0.15, 0.2) is 11.4 Å². The predicted octanol–water partition coefficient (Wildman–Crippen LogP) is 2.00. The number of nitriles is 3. The molecule has 0 fully saturated rings. The second-order valence-corrected chi connectivity index (χ2v) is 5.75. The average molecular weight is 351 g/mol. The maximum absolute atomic E-state index is 14.3. The molecule has 130 valence electrons. The summed E-state index contributed by atoms with van der Waals surface area (Å²) < 4.78 is 14.3. The van der Waals surface area contributed by atoms with Gasteiger partial charge in [0.2, 0.25) is 5.91 Å². The van der Waals surface area contributed by atoms with Gasteiger partial charge in [-0.25, -0.2) is 4.39 Å². The second kappa shape index (κ2) is 7.46. The number of benzene rings is 1. The number of carbonyl (C=O) groups is 2. The molecule has 0 aromatic heterocycles. The van der Waals surface area contributed by atoms with E-state index in [1.165, 1.54) is 6.92 Å². The minimum absolute atomic E-state index is 0.0114. The number of carbonyl (C=O) groups excluding carboxylic acids is 2. The van der Waals surface area contributed by atoms with Crippen LogP contribution in [-0.4, -0.2) is 17.7 Å². The number of rotatable bonds is 3. The molecule has 26 heavy (non-hydrogen) atoms. The molecular formula is C18H14FN5O2. The minimum atomic E-state index is -0.758. The molecule has 7 nitrogen and oxygen atoms in total. The molecule has 8 heteroatoms. The van der Waals surface area contributed by atoms with Gasteiger partial charge in [0.25, 0.3) is 0 Å². The zero-order valence-electron chi connectivity index (χ0n) is 14.1. The van der Waals surface area contributed by atoms with Crippen LogP contribution in [0.2, 0.25) is 0 Å². The van der Waals surface area contributed by atoms with Gasteiger partial charge in [-0.2, -0.15) is 15.8 Å². The third-order valence-electron chi connectivity index (χ3n) is 4.12. The SMILES string of the molecule is CC(=O)NC1CCc2c(C)c(F)cc(NC(C#N)=C(C#N)C#N)c2C1=O. The number of amides is 1. The van der Waals surface area contributed by atoms with Crippen LogP contribution in [0.3, 0.4) is 0 Å². The van der Waals surface area contributed by atoms with E-state index in [1.54, 1.807) is 25.1 Å². The van der Waals surface area contributed by atoms with E-state index < -0.39 is 23.2 Å². The van der Waals surface area contributed by atoms with E-state index in [9.17, 15) is 19.2 Å². The van der Waals surface area contributed by atoms with Crippen LogP contribution in [0.4, 0.5) is 10.1 Å². The van der Waals surface area contributed by atoms with Crippen LogP contribution in [-0.2, 0) is 11.2 Å². The monoisotopic (exact) mass is 351 g/mol. The molecule has 0 heterocycles. The average Bonchev–Trinajstić information content (AvgIpc) is 2.60. The van der Waals surface area contributed by atoms with E-state index in [0.29, 0.717) is 24.0 Å². The first-order valence-corrected chi connectivity index (χ1v) is 7.68. The maximum atomic E-state index is 14.3. The maximum Gasteiger partial charge on any atom is 0.217 e. The zero-order chi connectivity index (χ0) is 19.4. The Morgan fingerprint density at radius 3 is 2.46 bits per heavy atom. The molecule has 2 N–H and O–H groups in total. The number of ketones is 1. The fourth-order valence-electron chi connectivity index (χ4n) is 2.89. The highest BCUT2D eigenvalue weighted by molar-refractivity contribution is 6.08. The van der Waals surface area contributed by atoms with Gasteiger partial charge in [-0.1, -0.05) is 0 Å². The molecule has 0 bridgehead atoms.